The molecule has 1 saturated heterocycles. The molecule has 1 aromatic carbocycles. The van der Waals surface area contributed by atoms with Crippen LogP contribution in [0.1, 0.15) is 18.4 Å². The maximum Gasteiger partial charge on any atom is 0.243 e. The monoisotopic (exact) mass is 399 g/mol. The van der Waals surface area contributed by atoms with Gasteiger partial charge in [0.05, 0.1) is 4.90 Å². The van der Waals surface area contributed by atoms with Gasteiger partial charge in [0.15, 0.2) is 5.13 Å². The minimum absolute atomic E-state index is 0.106. The zero-order valence-corrected chi connectivity index (χ0v) is 16.0. The quantitative estimate of drug-likeness (QED) is 0.856. The Bertz CT molecular complexity index is 861. The Labute approximate surface area is 155 Å². The molecule has 1 aliphatic rings. The number of anilines is 1. The van der Waals surface area contributed by atoms with Gasteiger partial charge in [-0.3, -0.25) is 4.79 Å². The highest BCUT2D eigenvalue weighted by Crippen LogP contribution is 2.28. The molecule has 1 N–H and O–H groups in total. The van der Waals surface area contributed by atoms with Crippen molar-refractivity contribution in [3.8, 4) is 0 Å². The Hall–Kier alpha value is -1.48. The number of benzene rings is 1. The summed E-state index contributed by atoms with van der Waals surface area (Å²) in [5.41, 5.74) is 0.660. The highest BCUT2D eigenvalue weighted by atomic mass is 35.5. The fourth-order valence-corrected chi connectivity index (χ4v) is 5.33. The summed E-state index contributed by atoms with van der Waals surface area (Å²) in [6.07, 6.45) is 2.59. The molecule has 25 heavy (non-hydrogen) atoms. The summed E-state index contributed by atoms with van der Waals surface area (Å²) < 4.78 is 27.1. The molecule has 9 heteroatoms. The molecule has 1 aliphatic heterocycles. The summed E-state index contributed by atoms with van der Waals surface area (Å²) in [6.45, 7) is 2.37. The topological polar surface area (TPSA) is 79.4 Å². The van der Waals surface area contributed by atoms with E-state index in [0.29, 0.717) is 41.6 Å². The van der Waals surface area contributed by atoms with E-state index in [9.17, 15) is 13.2 Å². The highest BCUT2D eigenvalue weighted by Gasteiger charge is 2.33. The number of rotatable bonds is 4. The second-order valence-electron chi connectivity index (χ2n) is 5.91. The maximum atomic E-state index is 12.9. The van der Waals surface area contributed by atoms with E-state index >= 15 is 0 Å². The summed E-state index contributed by atoms with van der Waals surface area (Å²) in [4.78, 5) is 16.5. The third-order valence-electron chi connectivity index (χ3n) is 4.26. The maximum absolute atomic E-state index is 12.9. The van der Waals surface area contributed by atoms with Crippen molar-refractivity contribution in [3.63, 3.8) is 0 Å². The number of hydrogen-bond donors (Lipinski definition) is 1. The normalized spacial score (nSPS) is 16.7. The Morgan fingerprint density at radius 2 is 2.08 bits per heavy atom. The van der Waals surface area contributed by atoms with E-state index in [2.05, 4.69) is 10.3 Å². The second-order valence-corrected chi connectivity index (χ2v) is 9.15. The van der Waals surface area contributed by atoms with Crippen LogP contribution in [0.15, 0.2) is 34.7 Å². The zero-order valence-electron chi connectivity index (χ0n) is 13.6. The van der Waals surface area contributed by atoms with Gasteiger partial charge in [-0.25, -0.2) is 13.4 Å². The van der Waals surface area contributed by atoms with Crippen LogP contribution in [-0.4, -0.2) is 36.7 Å². The summed E-state index contributed by atoms with van der Waals surface area (Å²) in [7, 11) is -3.61. The van der Waals surface area contributed by atoms with Crippen molar-refractivity contribution in [1.82, 2.24) is 9.29 Å². The largest absolute Gasteiger partial charge is 0.302 e. The molecule has 0 bridgehead atoms. The van der Waals surface area contributed by atoms with E-state index in [4.69, 9.17) is 11.6 Å². The van der Waals surface area contributed by atoms with Crippen molar-refractivity contribution in [2.24, 2.45) is 5.92 Å². The van der Waals surface area contributed by atoms with Crippen LogP contribution in [0.4, 0.5) is 5.13 Å². The van der Waals surface area contributed by atoms with Crippen LogP contribution < -0.4 is 5.32 Å². The van der Waals surface area contributed by atoms with Gasteiger partial charge in [-0.2, -0.15) is 4.31 Å². The Balaban J connectivity index is 1.67. The van der Waals surface area contributed by atoms with Gasteiger partial charge < -0.3 is 5.32 Å². The van der Waals surface area contributed by atoms with E-state index in [1.54, 1.807) is 30.6 Å². The smallest absolute Gasteiger partial charge is 0.243 e. The van der Waals surface area contributed by atoms with Crippen molar-refractivity contribution in [2.75, 3.05) is 18.4 Å². The van der Waals surface area contributed by atoms with E-state index in [-0.39, 0.29) is 16.7 Å². The molecule has 1 amide bonds. The lowest BCUT2D eigenvalue weighted by Gasteiger charge is -2.30. The molecule has 3 rings (SSSR count). The van der Waals surface area contributed by atoms with Crippen molar-refractivity contribution < 1.29 is 13.2 Å². The van der Waals surface area contributed by atoms with Crippen LogP contribution in [0, 0.1) is 12.8 Å². The number of amides is 1. The first-order chi connectivity index (χ1) is 11.9. The van der Waals surface area contributed by atoms with Crippen LogP contribution in [0.2, 0.25) is 5.02 Å². The SMILES string of the molecule is Cc1ccc(Cl)cc1S(=O)(=O)N1CCC(C(=O)Nc2nccs2)CC1. The number of nitrogens with one attached hydrogen (secondary N) is 1. The van der Waals surface area contributed by atoms with Gasteiger partial charge in [0.1, 0.15) is 0 Å². The van der Waals surface area contributed by atoms with Gasteiger partial charge in [0.25, 0.3) is 0 Å². The van der Waals surface area contributed by atoms with Gasteiger partial charge in [-0.15, -0.1) is 11.3 Å². The predicted molar refractivity (Wildman–Crippen MR) is 98.4 cm³/mol. The first kappa shape index (κ1) is 18.3. The first-order valence-electron chi connectivity index (χ1n) is 7.84. The molecule has 0 saturated carbocycles. The summed E-state index contributed by atoms with van der Waals surface area (Å²) in [5, 5.41) is 5.52. The van der Waals surface area contributed by atoms with Gasteiger partial charge in [0, 0.05) is 35.6 Å². The van der Waals surface area contributed by atoms with Crippen molar-refractivity contribution >= 4 is 44.0 Å². The van der Waals surface area contributed by atoms with Crippen molar-refractivity contribution in [3.05, 3.63) is 40.4 Å². The average Bonchev–Trinajstić information content (AvgIpc) is 3.10. The van der Waals surface area contributed by atoms with E-state index < -0.39 is 10.0 Å². The number of thiazole rings is 1. The summed E-state index contributed by atoms with van der Waals surface area (Å²) in [5.74, 6) is -0.318. The first-order valence-corrected chi connectivity index (χ1v) is 10.5. The minimum Gasteiger partial charge on any atom is -0.302 e. The van der Waals surface area contributed by atoms with Gasteiger partial charge in [-0.1, -0.05) is 17.7 Å². The molecule has 0 aliphatic carbocycles. The fraction of sp³-hybridized carbons (Fsp3) is 0.375. The molecular weight excluding hydrogens is 382 g/mol. The lowest BCUT2D eigenvalue weighted by atomic mass is 9.97. The molecular formula is C16H18ClN3O3S2. The van der Waals surface area contributed by atoms with E-state index in [1.165, 1.54) is 21.7 Å². The summed E-state index contributed by atoms with van der Waals surface area (Å²) >= 11 is 7.31. The second kappa shape index (κ2) is 7.41. The van der Waals surface area contributed by atoms with E-state index in [0.717, 1.165) is 0 Å². The molecule has 1 fully saturated rings. The predicted octanol–water partition coefficient (Wildman–Crippen LogP) is 3.14. The van der Waals surface area contributed by atoms with E-state index in [1.807, 2.05) is 0 Å². The zero-order chi connectivity index (χ0) is 18.0. The summed E-state index contributed by atoms with van der Waals surface area (Å²) in [6, 6.07) is 4.85. The number of carbonyl (C=O) groups excluding carboxylic acids is 1. The molecule has 0 spiro atoms. The van der Waals surface area contributed by atoms with Crippen LogP contribution in [0.3, 0.4) is 0 Å². The minimum atomic E-state index is -3.61. The van der Waals surface area contributed by atoms with Gasteiger partial charge in [0.2, 0.25) is 15.9 Å². The Kier molecular flexibility index (Phi) is 5.43. The Morgan fingerprint density at radius 3 is 2.72 bits per heavy atom. The average molecular weight is 400 g/mol. The number of sulfonamides is 1. The van der Waals surface area contributed by atoms with Gasteiger partial charge in [-0.05, 0) is 37.5 Å². The molecule has 1 aromatic heterocycles. The number of hydrogen-bond acceptors (Lipinski definition) is 5. The molecule has 6 nitrogen and oxygen atoms in total. The van der Waals surface area contributed by atoms with Gasteiger partial charge >= 0.3 is 0 Å². The van der Waals surface area contributed by atoms with Crippen molar-refractivity contribution in [1.29, 1.82) is 0 Å². The highest BCUT2D eigenvalue weighted by molar-refractivity contribution is 7.89. The molecule has 134 valence electrons. The molecule has 0 unspecified atom stereocenters. The molecule has 2 aromatic rings. The van der Waals surface area contributed by atoms with Crippen LogP contribution >= 0.6 is 22.9 Å². The number of aromatic nitrogens is 1. The standard InChI is InChI=1S/C16H18ClN3O3S2/c1-11-2-3-13(17)10-14(11)25(22,23)20-7-4-12(5-8-20)15(21)19-16-18-6-9-24-16/h2-3,6,9-10,12H,4-5,7-8H2,1H3,(H,18,19,21). The third-order valence-corrected chi connectivity index (χ3v) is 7.22. The van der Waals surface area contributed by atoms with Crippen molar-refractivity contribution in [2.45, 2.75) is 24.7 Å². The van der Waals surface area contributed by atoms with Crippen LogP contribution in [-0.2, 0) is 14.8 Å². The fourth-order valence-electron chi connectivity index (χ4n) is 2.84. The number of piperidine rings is 1. The number of halogens is 1. The van der Waals surface area contributed by atoms with Crippen LogP contribution in [0.25, 0.3) is 0 Å². The lowest BCUT2D eigenvalue weighted by Crippen LogP contribution is -2.41. The Morgan fingerprint density at radius 1 is 1.36 bits per heavy atom. The molecule has 0 radical (unpaired) electrons. The third kappa shape index (κ3) is 4.03. The molecule has 0 atom stereocenters. The number of aryl methyl sites for hydroxylation is 1. The van der Waals surface area contributed by atoms with Crippen LogP contribution in [0.5, 0.6) is 0 Å². The lowest BCUT2D eigenvalue weighted by molar-refractivity contribution is -0.120. The molecule has 2 heterocycles. The number of carbonyl (C=O) groups is 1. The number of nitrogens with zero attached hydrogens (tertiary/aromatic N) is 2.